The van der Waals surface area contributed by atoms with Gasteiger partial charge in [0.25, 0.3) is 0 Å². The molecule has 4 atom stereocenters. The summed E-state index contributed by atoms with van der Waals surface area (Å²) >= 11 is 0. The molecule has 6 nitrogen and oxygen atoms in total. The molecule has 2 aliphatic heterocycles. The fourth-order valence-corrected chi connectivity index (χ4v) is 6.19. The molecule has 2 saturated heterocycles. The van der Waals surface area contributed by atoms with Crippen molar-refractivity contribution in [2.75, 3.05) is 9.80 Å². The van der Waals surface area contributed by atoms with Crippen molar-refractivity contribution in [2.45, 2.75) is 39.5 Å². The maximum absolute atomic E-state index is 13.0. The van der Waals surface area contributed by atoms with Crippen LogP contribution in [0.4, 0.5) is 11.4 Å². The SMILES string of the molecule is CC1=CC[C@@H]2C(=O)N(c3ccc(-c4ccc(N5C(=O)[C@H]6CC(C)=CC[C@H]6C5=O)cc4)cc3)C(=O)[C@H]2C1. The molecule has 2 heterocycles. The number of amides is 4. The lowest BCUT2D eigenvalue weighted by atomic mass is 9.82. The highest BCUT2D eigenvalue weighted by Crippen LogP contribution is 2.41. The molecule has 0 aromatic heterocycles. The standard InChI is InChI=1S/C30H28N2O4/c1-17-3-13-23-25(15-17)29(35)31(27(23)33)21-9-5-19(6-10-21)20-7-11-22(12-8-20)32-28(34)24-14-4-18(2)16-26(24)30(32)36/h3-12,23-26H,13-16H2,1-2H3/t23-,24+,25-,26-/m0/s1. The molecule has 2 aromatic carbocycles. The molecule has 2 aromatic rings. The number of imide groups is 2. The first-order chi connectivity index (χ1) is 17.3. The highest BCUT2D eigenvalue weighted by molar-refractivity contribution is 6.23. The molecule has 0 bridgehead atoms. The van der Waals surface area contributed by atoms with Gasteiger partial charge in [0.05, 0.1) is 35.0 Å². The lowest BCUT2D eigenvalue weighted by molar-refractivity contribution is -0.124. The maximum atomic E-state index is 13.0. The lowest BCUT2D eigenvalue weighted by Crippen LogP contribution is -2.30. The minimum absolute atomic E-state index is 0.111. The summed E-state index contributed by atoms with van der Waals surface area (Å²) in [5.41, 5.74) is 5.37. The van der Waals surface area contributed by atoms with Gasteiger partial charge in [0.1, 0.15) is 0 Å². The number of carbonyl (C=O) groups excluding carboxylic acids is 4. The van der Waals surface area contributed by atoms with Gasteiger partial charge in [-0.1, -0.05) is 47.6 Å². The topological polar surface area (TPSA) is 74.8 Å². The summed E-state index contributed by atoms with van der Waals surface area (Å²) in [6.45, 7) is 4.02. The number of carbonyl (C=O) groups is 4. The molecule has 182 valence electrons. The molecular weight excluding hydrogens is 452 g/mol. The second kappa shape index (κ2) is 8.40. The highest BCUT2D eigenvalue weighted by atomic mass is 16.2. The second-order valence-corrected chi connectivity index (χ2v) is 10.5. The van der Waals surface area contributed by atoms with Gasteiger partial charge in [0, 0.05) is 0 Å². The first-order valence-corrected chi connectivity index (χ1v) is 12.6. The van der Waals surface area contributed by atoms with Gasteiger partial charge in [0.2, 0.25) is 23.6 Å². The van der Waals surface area contributed by atoms with E-state index in [-0.39, 0.29) is 47.3 Å². The minimum Gasteiger partial charge on any atom is -0.274 e. The number of anilines is 2. The summed E-state index contributed by atoms with van der Waals surface area (Å²) in [5, 5.41) is 0. The fraction of sp³-hybridized carbons (Fsp3) is 0.333. The molecule has 0 radical (unpaired) electrons. The number of allylic oxidation sites excluding steroid dienone is 4. The van der Waals surface area contributed by atoms with Gasteiger partial charge >= 0.3 is 0 Å². The molecule has 6 heteroatoms. The van der Waals surface area contributed by atoms with E-state index >= 15 is 0 Å². The summed E-state index contributed by atoms with van der Waals surface area (Å²) < 4.78 is 0. The van der Waals surface area contributed by atoms with Crippen LogP contribution >= 0.6 is 0 Å². The van der Waals surface area contributed by atoms with Crippen LogP contribution in [-0.4, -0.2) is 23.6 Å². The van der Waals surface area contributed by atoms with Gasteiger partial charge in [0.15, 0.2) is 0 Å². The Labute approximate surface area is 210 Å². The van der Waals surface area contributed by atoms with Gasteiger partial charge in [-0.2, -0.15) is 0 Å². The molecule has 36 heavy (non-hydrogen) atoms. The Hall–Kier alpha value is -3.80. The van der Waals surface area contributed by atoms with Gasteiger partial charge in [-0.15, -0.1) is 0 Å². The van der Waals surface area contributed by atoms with Crippen molar-refractivity contribution in [3.8, 4) is 11.1 Å². The molecule has 4 aliphatic rings. The number of hydrogen-bond acceptors (Lipinski definition) is 4. The Morgan fingerprint density at radius 3 is 1.22 bits per heavy atom. The smallest absolute Gasteiger partial charge is 0.238 e. The van der Waals surface area contributed by atoms with E-state index in [2.05, 4.69) is 12.2 Å². The van der Waals surface area contributed by atoms with Crippen molar-refractivity contribution < 1.29 is 19.2 Å². The molecule has 0 N–H and O–H groups in total. The first kappa shape index (κ1) is 22.7. The first-order valence-electron chi connectivity index (χ1n) is 12.6. The van der Waals surface area contributed by atoms with E-state index in [1.807, 2.05) is 62.4 Å². The Morgan fingerprint density at radius 2 is 0.861 bits per heavy atom. The van der Waals surface area contributed by atoms with E-state index in [9.17, 15) is 19.2 Å². The molecule has 0 saturated carbocycles. The Morgan fingerprint density at radius 1 is 0.528 bits per heavy atom. The molecule has 2 fully saturated rings. The zero-order valence-corrected chi connectivity index (χ0v) is 20.4. The number of fused-ring (bicyclic) bond motifs is 2. The summed E-state index contributed by atoms with van der Waals surface area (Å²) in [6.07, 6.45) is 6.68. The fourth-order valence-electron chi connectivity index (χ4n) is 6.19. The largest absolute Gasteiger partial charge is 0.274 e. The number of hydrogen-bond donors (Lipinski definition) is 0. The third-order valence-corrected chi connectivity index (χ3v) is 8.23. The predicted octanol–water partition coefficient (Wildman–Crippen LogP) is 5.05. The molecule has 2 aliphatic carbocycles. The van der Waals surface area contributed by atoms with Crippen LogP contribution in [0.5, 0.6) is 0 Å². The Bertz CT molecular complexity index is 1250. The molecule has 0 unspecified atom stereocenters. The van der Waals surface area contributed by atoms with Crippen LogP contribution < -0.4 is 9.80 Å². The number of nitrogens with zero attached hydrogens (tertiary/aromatic N) is 2. The summed E-state index contributed by atoms with van der Waals surface area (Å²) in [6, 6.07) is 14.8. The molecule has 0 spiro atoms. The van der Waals surface area contributed by atoms with Crippen LogP contribution in [0.2, 0.25) is 0 Å². The van der Waals surface area contributed by atoms with E-state index in [0.29, 0.717) is 37.1 Å². The average Bonchev–Trinajstić information content (AvgIpc) is 3.27. The summed E-state index contributed by atoms with van der Waals surface area (Å²) in [7, 11) is 0. The highest BCUT2D eigenvalue weighted by Gasteiger charge is 2.49. The van der Waals surface area contributed by atoms with Crippen molar-refractivity contribution in [1.29, 1.82) is 0 Å². The summed E-state index contributed by atoms with van der Waals surface area (Å²) in [5.74, 6) is -1.47. The Balaban J connectivity index is 1.20. The second-order valence-electron chi connectivity index (χ2n) is 10.5. The van der Waals surface area contributed by atoms with Crippen LogP contribution in [0.1, 0.15) is 39.5 Å². The zero-order chi connectivity index (χ0) is 25.1. The minimum atomic E-state index is -0.257. The van der Waals surface area contributed by atoms with Crippen LogP contribution in [0.25, 0.3) is 11.1 Å². The third kappa shape index (κ3) is 3.47. The van der Waals surface area contributed by atoms with E-state index in [1.165, 1.54) is 20.9 Å². The van der Waals surface area contributed by atoms with Gasteiger partial charge in [-0.05, 0) is 74.9 Å². The zero-order valence-electron chi connectivity index (χ0n) is 20.4. The average molecular weight is 481 g/mol. The van der Waals surface area contributed by atoms with E-state index in [1.54, 1.807) is 0 Å². The van der Waals surface area contributed by atoms with Crippen LogP contribution in [-0.2, 0) is 19.2 Å². The van der Waals surface area contributed by atoms with Crippen LogP contribution in [0, 0.1) is 23.7 Å². The van der Waals surface area contributed by atoms with E-state index in [4.69, 9.17) is 0 Å². The van der Waals surface area contributed by atoms with Crippen LogP contribution in [0.15, 0.2) is 71.8 Å². The molecular formula is C30H28N2O4. The quantitative estimate of drug-likeness (QED) is 0.455. The van der Waals surface area contributed by atoms with Gasteiger partial charge < -0.3 is 0 Å². The van der Waals surface area contributed by atoms with Crippen molar-refractivity contribution >= 4 is 35.0 Å². The maximum Gasteiger partial charge on any atom is 0.238 e. The van der Waals surface area contributed by atoms with Crippen molar-refractivity contribution in [3.63, 3.8) is 0 Å². The molecule has 4 amide bonds. The van der Waals surface area contributed by atoms with E-state index < -0.39 is 0 Å². The normalized spacial score (nSPS) is 27.7. The van der Waals surface area contributed by atoms with Crippen molar-refractivity contribution in [2.24, 2.45) is 23.7 Å². The van der Waals surface area contributed by atoms with Crippen LogP contribution in [0.3, 0.4) is 0 Å². The predicted molar refractivity (Wildman–Crippen MR) is 137 cm³/mol. The lowest BCUT2D eigenvalue weighted by Gasteiger charge is -2.18. The third-order valence-electron chi connectivity index (χ3n) is 8.23. The number of benzene rings is 2. The monoisotopic (exact) mass is 480 g/mol. The van der Waals surface area contributed by atoms with E-state index in [0.717, 1.165) is 11.1 Å². The number of rotatable bonds is 3. The van der Waals surface area contributed by atoms with Crippen molar-refractivity contribution in [3.05, 3.63) is 71.8 Å². The van der Waals surface area contributed by atoms with Gasteiger partial charge in [-0.25, -0.2) is 0 Å². The molecule has 6 rings (SSSR count). The van der Waals surface area contributed by atoms with Crippen molar-refractivity contribution in [1.82, 2.24) is 0 Å². The Kier molecular flexibility index (Phi) is 5.29. The van der Waals surface area contributed by atoms with Gasteiger partial charge in [-0.3, -0.25) is 29.0 Å². The summed E-state index contributed by atoms with van der Waals surface area (Å²) in [4.78, 5) is 54.6.